The quantitative estimate of drug-likeness (QED) is 0.617. The van der Waals surface area contributed by atoms with Gasteiger partial charge in [0, 0.05) is 18.7 Å². The van der Waals surface area contributed by atoms with Crippen molar-refractivity contribution in [2.24, 2.45) is 0 Å². The highest BCUT2D eigenvalue weighted by molar-refractivity contribution is 7.90. The molecule has 0 aromatic heterocycles. The molecule has 0 heterocycles. The topological polar surface area (TPSA) is 125 Å². The van der Waals surface area contributed by atoms with E-state index >= 15 is 0 Å². The Hall–Kier alpha value is -2.13. The summed E-state index contributed by atoms with van der Waals surface area (Å²) < 4.78 is 28.2. The number of anilines is 2. The Balaban J connectivity index is 2.25. The van der Waals surface area contributed by atoms with Crippen LogP contribution in [-0.4, -0.2) is 31.4 Å². The molecule has 1 saturated carbocycles. The molecule has 2 rings (SSSR count). The van der Waals surface area contributed by atoms with Crippen LogP contribution in [0.15, 0.2) is 18.2 Å². The van der Waals surface area contributed by atoms with Gasteiger partial charge in [-0.05, 0) is 31.0 Å². The Morgan fingerprint density at radius 3 is 2.48 bits per heavy atom. The molecular weight excluding hydrogens is 298 g/mol. The van der Waals surface area contributed by atoms with Gasteiger partial charge in [0.25, 0.3) is 10.2 Å². The molecule has 0 radical (unpaired) electrons. The monoisotopic (exact) mass is 313 g/mol. The van der Waals surface area contributed by atoms with Crippen LogP contribution >= 0.6 is 0 Å². The van der Waals surface area contributed by atoms with Crippen molar-refractivity contribution in [3.63, 3.8) is 0 Å². The first-order chi connectivity index (χ1) is 9.77. The van der Waals surface area contributed by atoms with E-state index in [1.807, 2.05) is 0 Å². The van der Waals surface area contributed by atoms with Crippen LogP contribution in [0.4, 0.5) is 11.4 Å². The van der Waals surface area contributed by atoms with Crippen LogP contribution in [0.2, 0.25) is 0 Å². The van der Waals surface area contributed by atoms with Crippen molar-refractivity contribution in [1.82, 2.24) is 4.72 Å². The predicted molar refractivity (Wildman–Crippen MR) is 76.4 cm³/mol. The molecule has 9 heteroatoms. The maximum Gasteiger partial charge on any atom is 0.337 e. The van der Waals surface area contributed by atoms with Crippen LogP contribution in [0.5, 0.6) is 0 Å². The van der Waals surface area contributed by atoms with Gasteiger partial charge in [-0.3, -0.25) is 9.52 Å². The van der Waals surface area contributed by atoms with Gasteiger partial charge in [0.15, 0.2) is 0 Å². The summed E-state index contributed by atoms with van der Waals surface area (Å²) in [4.78, 5) is 22.2. The molecule has 1 aliphatic rings. The molecule has 114 valence electrons. The summed E-state index contributed by atoms with van der Waals surface area (Å²) in [5.74, 6) is -1.65. The van der Waals surface area contributed by atoms with Gasteiger partial charge in [0.05, 0.1) is 11.3 Å². The van der Waals surface area contributed by atoms with E-state index in [9.17, 15) is 18.0 Å². The number of carbonyl (C=O) groups excluding carboxylic acids is 1. The number of hydrogen-bond acceptors (Lipinski definition) is 4. The van der Waals surface area contributed by atoms with E-state index in [0.29, 0.717) is 0 Å². The summed E-state index contributed by atoms with van der Waals surface area (Å²) in [7, 11) is -3.81. The van der Waals surface area contributed by atoms with Crippen molar-refractivity contribution < 1.29 is 23.1 Å². The lowest BCUT2D eigenvalue weighted by Crippen LogP contribution is -2.32. The number of rotatable bonds is 6. The molecule has 1 aromatic rings. The van der Waals surface area contributed by atoms with Crippen molar-refractivity contribution in [2.45, 2.75) is 25.8 Å². The van der Waals surface area contributed by atoms with Gasteiger partial charge >= 0.3 is 5.97 Å². The van der Waals surface area contributed by atoms with Gasteiger partial charge in [0.2, 0.25) is 5.91 Å². The zero-order valence-corrected chi connectivity index (χ0v) is 12.0. The molecule has 1 amide bonds. The number of nitrogens with one attached hydrogen (secondary N) is 3. The number of amides is 1. The van der Waals surface area contributed by atoms with E-state index in [0.717, 1.165) is 12.8 Å². The summed E-state index contributed by atoms with van der Waals surface area (Å²) >= 11 is 0. The number of carboxylic acids is 1. The normalized spacial score (nSPS) is 14.5. The number of carbonyl (C=O) groups is 2. The molecule has 0 aliphatic heterocycles. The zero-order valence-electron chi connectivity index (χ0n) is 11.2. The zero-order chi connectivity index (χ0) is 15.6. The van der Waals surface area contributed by atoms with Crippen LogP contribution in [0, 0.1) is 0 Å². The fraction of sp³-hybridized carbons (Fsp3) is 0.333. The molecule has 1 aliphatic carbocycles. The van der Waals surface area contributed by atoms with E-state index in [-0.39, 0.29) is 28.9 Å². The van der Waals surface area contributed by atoms with Gasteiger partial charge in [-0.1, -0.05) is 0 Å². The standard InChI is InChI=1S/C12H15N3O5S/c1-7(16)13-9-4-5-11(10(6-9)12(17)18)15-21(19,20)14-8-2-3-8/h4-6,8,14-15H,2-3H2,1H3,(H,13,16)(H,17,18). The SMILES string of the molecule is CC(=O)Nc1ccc(NS(=O)(=O)NC2CC2)c(C(=O)O)c1. The number of benzene rings is 1. The molecule has 0 bridgehead atoms. The molecule has 0 saturated heterocycles. The Morgan fingerprint density at radius 2 is 1.95 bits per heavy atom. The summed E-state index contributed by atoms with van der Waals surface area (Å²) in [5, 5.41) is 11.6. The summed E-state index contributed by atoms with van der Waals surface area (Å²) in [6.45, 7) is 1.29. The fourth-order valence-electron chi connectivity index (χ4n) is 1.69. The summed E-state index contributed by atoms with van der Waals surface area (Å²) in [6.07, 6.45) is 1.54. The summed E-state index contributed by atoms with van der Waals surface area (Å²) in [5.41, 5.74) is -0.0369. The first kappa shape index (κ1) is 15.3. The van der Waals surface area contributed by atoms with Gasteiger partial charge in [0.1, 0.15) is 0 Å². The van der Waals surface area contributed by atoms with E-state index in [1.165, 1.54) is 25.1 Å². The lowest BCUT2D eigenvalue weighted by atomic mass is 10.1. The Bertz CT molecular complexity index is 682. The molecule has 0 atom stereocenters. The second-order valence-electron chi connectivity index (χ2n) is 4.74. The first-order valence-electron chi connectivity index (χ1n) is 6.22. The molecule has 1 fully saturated rings. The largest absolute Gasteiger partial charge is 0.478 e. The van der Waals surface area contributed by atoms with Crippen molar-refractivity contribution >= 4 is 33.5 Å². The lowest BCUT2D eigenvalue weighted by molar-refractivity contribution is -0.114. The van der Waals surface area contributed by atoms with Crippen molar-refractivity contribution in [3.05, 3.63) is 23.8 Å². The van der Waals surface area contributed by atoms with Crippen molar-refractivity contribution in [1.29, 1.82) is 0 Å². The fourth-order valence-corrected chi connectivity index (χ4v) is 2.89. The Labute approximate surface area is 121 Å². The van der Waals surface area contributed by atoms with E-state index in [2.05, 4.69) is 14.8 Å². The molecule has 1 aromatic carbocycles. The minimum absolute atomic E-state index is 0.0650. The average molecular weight is 313 g/mol. The molecular formula is C12H15N3O5S. The second kappa shape index (κ2) is 5.70. The maximum atomic E-state index is 11.8. The third kappa shape index (κ3) is 4.43. The predicted octanol–water partition coefficient (Wildman–Crippen LogP) is 0.752. The smallest absolute Gasteiger partial charge is 0.337 e. The van der Waals surface area contributed by atoms with Crippen LogP contribution in [0.3, 0.4) is 0 Å². The second-order valence-corrected chi connectivity index (χ2v) is 6.19. The van der Waals surface area contributed by atoms with Crippen LogP contribution in [-0.2, 0) is 15.0 Å². The Kier molecular flexibility index (Phi) is 4.14. The van der Waals surface area contributed by atoms with Crippen LogP contribution in [0.1, 0.15) is 30.1 Å². The van der Waals surface area contributed by atoms with Gasteiger partial charge in [-0.25, -0.2) is 4.79 Å². The number of carboxylic acid groups (broad SMARTS) is 1. The highest BCUT2D eigenvalue weighted by Crippen LogP contribution is 2.24. The van der Waals surface area contributed by atoms with Crippen molar-refractivity contribution in [2.75, 3.05) is 10.0 Å². The minimum atomic E-state index is -3.81. The Morgan fingerprint density at radius 1 is 1.29 bits per heavy atom. The number of hydrogen-bond donors (Lipinski definition) is 4. The highest BCUT2D eigenvalue weighted by Gasteiger charge is 2.27. The third-order valence-corrected chi connectivity index (χ3v) is 3.85. The lowest BCUT2D eigenvalue weighted by Gasteiger charge is -2.12. The van der Waals surface area contributed by atoms with Crippen LogP contribution in [0.25, 0.3) is 0 Å². The van der Waals surface area contributed by atoms with E-state index in [4.69, 9.17) is 5.11 Å². The molecule has 0 spiro atoms. The van der Waals surface area contributed by atoms with Gasteiger partial charge in [-0.15, -0.1) is 0 Å². The molecule has 21 heavy (non-hydrogen) atoms. The number of aromatic carboxylic acids is 1. The van der Waals surface area contributed by atoms with Gasteiger partial charge in [-0.2, -0.15) is 13.1 Å². The molecule has 8 nitrogen and oxygen atoms in total. The highest BCUT2D eigenvalue weighted by atomic mass is 32.2. The summed E-state index contributed by atoms with van der Waals surface area (Å²) in [6, 6.07) is 3.82. The van der Waals surface area contributed by atoms with E-state index < -0.39 is 16.2 Å². The first-order valence-corrected chi connectivity index (χ1v) is 7.70. The molecule has 0 unspecified atom stereocenters. The van der Waals surface area contributed by atoms with Crippen molar-refractivity contribution in [3.8, 4) is 0 Å². The van der Waals surface area contributed by atoms with Gasteiger partial charge < -0.3 is 10.4 Å². The maximum absolute atomic E-state index is 11.8. The third-order valence-electron chi connectivity index (χ3n) is 2.71. The van der Waals surface area contributed by atoms with Crippen LogP contribution < -0.4 is 14.8 Å². The molecule has 4 N–H and O–H groups in total. The minimum Gasteiger partial charge on any atom is -0.478 e. The van der Waals surface area contributed by atoms with E-state index in [1.54, 1.807) is 0 Å². The average Bonchev–Trinajstić information content (AvgIpc) is 3.12.